The summed E-state index contributed by atoms with van der Waals surface area (Å²) >= 11 is 0.808. The Balaban J connectivity index is 1.70. The van der Waals surface area contributed by atoms with E-state index in [2.05, 4.69) is 35.8 Å². The predicted octanol–water partition coefficient (Wildman–Crippen LogP) is 6.95. The van der Waals surface area contributed by atoms with Gasteiger partial charge in [-0.15, -0.1) is 21.5 Å². The van der Waals surface area contributed by atoms with Gasteiger partial charge >= 0.3 is 18.2 Å². The predicted molar refractivity (Wildman–Crippen MR) is 158 cm³/mol. The molecule has 0 spiro atoms. The number of alkyl halides is 3. The maximum absolute atomic E-state index is 13.4. The summed E-state index contributed by atoms with van der Waals surface area (Å²) in [6, 6.07) is 2.61. The molecule has 15 heteroatoms. The number of carbonyl (C=O) groups excluding carboxylic acids is 2. The van der Waals surface area contributed by atoms with Gasteiger partial charge in [0.25, 0.3) is 0 Å². The van der Waals surface area contributed by atoms with Crippen LogP contribution in [0, 0.1) is 5.92 Å². The van der Waals surface area contributed by atoms with Gasteiger partial charge < -0.3 is 14.5 Å². The van der Waals surface area contributed by atoms with E-state index in [1.165, 1.54) is 24.7 Å². The van der Waals surface area contributed by atoms with Gasteiger partial charge in [0.1, 0.15) is 16.4 Å². The highest BCUT2D eigenvalue weighted by molar-refractivity contribution is 7.13. The number of nitrogens with zero attached hydrogens (tertiary/aromatic N) is 5. The summed E-state index contributed by atoms with van der Waals surface area (Å²) < 4.78 is 51.6. The number of aromatic nitrogens is 5. The van der Waals surface area contributed by atoms with Gasteiger partial charge in [-0.3, -0.25) is 15.1 Å². The molecule has 0 aliphatic heterocycles. The van der Waals surface area contributed by atoms with E-state index in [-0.39, 0.29) is 40.9 Å². The van der Waals surface area contributed by atoms with Crippen molar-refractivity contribution in [3.63, 3.8) is 0 Å². The topological polar surface area (TPSA) is 145 Å². The Bertz CT molecular complexity index is 1630. The standard InChI is InChI=1S/C29H32F3N7O4S/c1-7-34-27(41)37-22-9-19(26-36-21(14-44-26)29(30,31)32)20(13-35-22)16-8-17(12-33-11-16)24-38-39-25(42-24)18(15(2)3)10-23(40)43-28(4,5)6/h8-9,11-15,18H,7,10H2,1-6H3,(H2,34,35,37,41)/t18-/m1/s1. The molecule has 2 N–H and O–H groups in total. The van der Waals surface area contributed by atoms with Crippen molar-refractivity contribution in [2.45, 2.75) is 65.7 Å². The first-order valence-electron chi connectivity index (χ1n) is 13.7. The van der Waals surface area contributed by atoms with Gasteiger partial charge in [0, 0.05) is 47.2 Å². The molecular formula is C29H32F3N7O4S. The molecule has 2 amide bonds. The van der Waals surface area contributed by atoms with Gasteiger partial charge in [-0.25, -0.2) is 14.8 Å². The number of thiazole rings is 1. The Morgan fingerprint density at radius 2 is 1.77 bits per heavy atom. The molecule has 0 saturated heterocycles. The smallest absolute Gasteiger partial charge is 0.434 e. The maximum Gasteiger partial charge on any atom is 0.434 e. The lowest BCUT2D eigenvalue weighted by atomic mass is 9.92. The highest BCUT2D eigenvalue weighted by Gasteiger charge is 2.34. The zero-order valence-corrected chi connectivity index (χ0v) is 25.8. The lowest BCUT2D eigenvalue weighted by molar-refractivity contribution is -0.155. The third kappa shape index (κ3) is 8.15. The molecule has 0 bridgehead atoms. The fourth-order valence-electron chi connectivity index (χ4n) is 4.16. The van der Waals surface area contributed by atoms with Crippen molar-refractivity contribution < 1.29 is 31.9 Å². The van der Waals surface area contributed by atoms with E-state index >= 15 is 0 Å². The third-order valence-corrected chi connectivity index (χ3v) is 7.05. The number of urea groups is 1. The van der Waals surface area contributed by atoms with E-state index in [0.29, 0.717) is 28.8 Å². The van der Waals surface area contributed by atoms with Crippen LogP contribution in [0.5, 0.6) is 0 Å². The maximum atomic E-state index is 13.4. The zero-order chi connectivity index (χ0) is 32.2. The summed E-state index contributed by atoms with van der Waals surface area (Å²) in [6.45, 7) is 11.3. The lowest BCUT2D eigenvalue weighted by Crippen LogP contribution is -2.28. The molecule has 44 heavy (non-hydrogen) atoms. The molecule has 1 atom stereocenters. The number of carbonyl (C=O) groups is 2. The summed E-state index contributed by atoms with van der Waals surface area (Å²) in [6.07, 6.45) is -0.147. The van der Waals surface area contributed by atoms with Crippen LogP contribution < -0.4 is 10.6 Å². The van der Waals surface area contributed by atoms with Crippen LogP contribution in [0.1, 0.15) is 65.5 Å². The third-order valence-electron chi connectivity index (χ3n) is 6.17. The minimum Gasteiger partial charge on any atom is -0.460 e. The van der Waals surface area contributed by atoms with Gasteiger partial charge in [-0.1, -0.05) is 13.8 Å². The van der Waals surface area contributed by atoms with Gasteiger partial charge in [0.05, 0.1) is 17.9 Å². The molecular weight excluding hydrogens is 599 g/mol. The first-order chi connectivity index (χ1) is 20.6. The number of amides is 2. The number of pyridine rings is 2. The van der Waals surface area contributed by atoms with Crippen molar-refractivity contribution in [1.29, 1.82) is 0 Å². The van der Waals surface area contributed by atoms with Crippen molar-refractivity contribution in [3.8, 4) is 33.2 Å². The Kier molecular flexibility index (Phi) is 9.66. The fourth-order valence-corrected chi connectivity index (χ4v) is 5.01. The van der Waals surface area contributed by atoms with Gasteiger partial charge in [-0.2, -0.15) is 13.2 Å². The second-order valence-corrected chi connectivity index (χ2v) is 12.0. The average molecular weight is 632 g/mol. The molecule has 4 rings (SSSR count). The van der Waals surface area contributed by atoms with E-state index in [4.69, 9.17) is 9.15 Å². The molecule has 0 aliphatic carbocycles. The minimum atomic E-state index is -4.63. The molecule has 11 nitrogen and oxygen atoms in total. The molecule has 0 aromatic carbocycles. The second-order valence-electron chi connectivity index (χ2n) is 11.2. The second kappa shape index (κ2) is 13.1. The van der Waals surface area contributed by atoms with Crippen LogP contribution >= 0.6 is 11.3 Å². The number of nitrogens with one attached hydrogen (secondary N) is 2. The van der Waals surface area contributed by atoms with E-state index < -0.39 is 29.4 Å². The molecule has 0 fully saturated rings. The number of esters is 1. The van der Waals surface area contributed by atoms with Gasteiger partial charge in [0.2, 0.25) is 11.8 Å². The molecule has 234 valence electrons. The number of hydrogen-bond acceptors (Lipinski definition) is 10. The van der Waals surface area contributed by atoms with E-state index in [1.807, 2.05) is 13.8 Å². The van der Waals surface area contributed by atoms with Crippen molar-refractivity contribution in [2.75, 3.05) is 11.9 Å². The Hall–Kier alpha value is -4.40. The largest absolute Gasteiger partial charge is 0.460 e. The number of rotatable bonds is 9. The first-order valence-corrected chi connectivity index (χ1v) is 14.6. The molecule has 0 unspecified atom stereocenters. The fraction of sp³-hybridized carbons (Fsp3) is 0.414. The quantitative estimate of drug-likeness (QED) is 0.187. The van der Waals surface area contributed by atoms with Gasteiger partial charge in [0.15, 0.2) is 5.69 Å². The van der Waals surface area contributed by atoms with Crippen LogP contribution in [0.2, 0.25) is 0 Å². The van der Waals surface area contributed by atoms with Crippen LogP contribution in [-0.4, -0.2) is 49.3 Å². The van der Waals surface area contributed by atoms with Crippen LogP contribution in [0.25, 0.3) is 33.2 Å². The summed E-state index contributed by atoms with van der Waals surface area (Å²) in [5.74, 6) is -0.274. The highest BCUT2D eigenvalue weighted by atomic mass is 32.1. The van der Waals surface area contributed by atoms with Crippen molar-refractivity contribution in [2.24, 2.45) is 5.92 Å². The molecule has 4 heterocycles. The van der Waals surface area contributed by atoms with E-state index in [0.717, 1.165) is 16.7 Å². The van der Waals surface area contributed by atoms with Crippen molar-refractivity contribution in [3.05, 3.63) is 47.7 Å². The van der Waals surface area contributed by atoms with Crippen LogP contribution in [0.3, 0.4) is 0 Å². The number of ether oxygens (including phenoxy) is 1. The Morgan fingerprint density at radius 3 is 2.41 bits per heavy atom. The van der Waals surface area contributed by atoms with E-state index in [1.54, 1.807) is 33.8 Å². The number of anilines is 1. The molecule has 0 radical (unpaired) electrons. The van der Waals surface area contributed by atoms with Gasteiger partial charge in [-0.05, 0) is 45.7 Å². The molecule has 4 aromatic heterocycles. The summed E-state index contributed by atoms with van der Waals surface area (Å²) in [4.78, 5) is 37.0. The number of halogens is 3. The minimum absolute atomic E-state index is 0.0136. The zero-order valence-electron chi connectivity index (χ0n) is 24.9. The van der Waals surface area contributed by atoms with Crippen LogP contribution in [0.4, 0.5) is 23.8 Å². The lowest BCUT2D eigenvalue weighted by Gasteiger charge is -2.22. The Morgan fingerprint density at radius 1 is 1.05 bits per heavy atom. The van der Waals surface area contributed by atoms with Crippen molar-refractivity contribution in [1.82, 2.24) is 30.5 Å². The highest BCUT2D eigenvalue weighted by Crippen LogP contribution is 2.39. The SMILES string of the molecule is CCNC(=O)Nc1cc(-c2nc(C(F)(F)F)cs2)c(-c2cncc(-c3nnc([C@H](CC(=O)OC(C)(C)C)C(C)C)o3)c2)cn1. The average Bonchev–Trinajstić information content (AvgIpc) is 3.62. The summed E-state index contributed by atoms with van der Waals surface area (Å²) in [5.41, 5.74) is -0.0429. The normalized spacial score (nSPS) is 12.7. The Labute approximate surface area is 255 Å². The molecule has 0 saturated carbocycles. The van der Waals surface area contributed by atoms with Crippen LogP contribution in [-0.2, 0) is 15.7 Å². The van der Waals surface area contributed by atoms with Crippen LogP contribution in [0.15, 0.2) is 40.5 Å². The van der Waals surface area contributed by atoms with E-state index in [9.17, 15) is 22.8 Å². The first kappa shape index (κ1) is 32.5. The summed E-state index contributed by atoms with van der Waals surface area (Å²) in [7, 11) is 0. The number of hydrogen-bond donors (Lipinski definition) is 2. The summed E-state index contributed by atoms with van der Waals surface area (Å²) in [5, 5.41) is 14.5. The molecule has 4 aromatic rings. The van der Waals surface area contributed by atoms with Crippen molar-refractivity contribution >= 4 is 29.2 Å². The monoisotopic (exact) mass is 631 g/mol. The molecule has 0 aliphatic rings.